The molecule has 0 radical (unpaired) electrons. The lowest BCUT2D eigenvalue weighted by atomic mass is 9.77. The molecule has 1 N–H and O–H groups in total. The number of amides is 1. The van der Waals surface area contributed by atoms with E-state index < -0.39 is 30.3 Å². The fraction of sp³-hybridized carbons (Fsp3) is 0.769. The second kappa shape index (κ2) is 6.41. The number of piperidine rings is 1. The summed E-state index contributed by atoms with van der Waals surface area (Å²) in [5.74, 6) is -0.487. The van der Waals surface area contributed by atoms with Crippen LogP contribution in [-0.2, 0) is 4.79 Å². The second-order valence-corrected chi connectivity index (χ2v) is 5.18. The van der Waals surface area contributed by atoms with Crippen molar-refractivity contribution in [3.8, 4) is 0 Å². The normalized spacial score (nSPS) is 24.3. The zero-order valence-corrected chi connectivity index (χ0v) is 10.9. The molecule has 1 heterocycles. The zero-order valence-electron chi connectivity index (χ0n) is 10.9. The van der Waals surface area contributed by atoms with Gasteiger partial charge in [0.25, 0.3) is 0 Å². The number of hydrogen-bond donors (Lipinski definition) is 1. The highest BCUT2D eigenvalue weighted by Gasteiger charge is 2.36. The maximum absolute atomic E-state index is 12.1. The summed E-state index contributed by atoms with van der Waals surface area (Å²) in [6, 6.07) is 0. The predicted molar refractivity (Wildman–Crippen MR) is 65.4 cm³/mol. The van der Waals surface area contributed by atoms with Crippen LogP contribution in [0.15, 0.2) is 12.7 Å². The minimum absolute atomic E-state index is 0.0813. The topological polar surface area (TPSA) is 40.5 Å². The Hall–Kier alpha value is -1.04. The van der Waals surface area contributed by atoms with Gasteiger partial charge in [0.05, 0.1) is 13.0 Å². The summed E-state index contributed by atoms with van der Waals surface area (Å²) in [6.45, 7) is 4.32. The van der Waals surface area contributed by atoms with Gasteiger partial charge in [-0.05, 0) is 19.3 Å². The monoisotopic (exact) mass is 279 g/mol. The first-order valence-electron chi connectivity index (χ1n) is 6.38. The lowest BCUT2D eigenvalue weighted by Gasteiger charge is -2.41. The molecule has 6 heteroatoms. The van der Waals surface area contributed by atoms with Crippen LogP contribution in [0.25, 0.3) is 0 Å². The third kappa shape index (κ3) is 4.86. The largest absolute Gasteiger partial charge is 0.396 e. The molecule has 0 aromatic carbocycles. The molecule has 1 saturated heterocycles. The number of carbonyl (C=O) groups is 1. The summed E-state index contributed by atoms with van der Waals surface area (Å²) in [6.07, 6.45) is -2.20. The number of aliphatic hydroxyl groups excluding tert-OH is 1. The number of carbonyl (C=O) groups excluding carboxylic acids is 1. The molecular formula is C13H20F3NO2. The van der Waals surface area contributed by atoms with Gasteiger partial charge in [-0.3, -0.25) is 4.79 Å². The Bertz CT molecular complexity index is 330. The molecule has 1 amide bonds. The molecule has 110 valence electrons. The van der Waals surface area contributed by atoms with E-state index >= 15 is 0 Å². The minimum Gasteiger partial charge on any atom is -0.396 e. The van der Waals surface area contributed by atoms with Crippen molar-refractivity contribution >= 4 is 5.91 Å². The van der Waals surface area contributed by atoms with E-state index in [4.69, 9.17) is 0 Å². The predicted octanol–water partition coefficient (Wildman–Crippen LogP) is 2.51. The number of aliphatic hydroxyl groups is 1. The molecule has 0 aliphatic carbocycles. The Labute approximate surface area is 111 Å². The van der Waals surface area contributed by atoms with Gasteiger partial charge in [-0.1, -0.05) is 6.08 Å². The van der Waals surface area contributed by atoms with Crippen LogP contribution < -0.4 is 0 Å². The third-order valence-corrected chi connectivity index (χ3v) is 3.55. The molecule has 1 fully saturated rings. The van der Waals surface area contributed by atoms with Crippen LogP contribution in [-0.4, -0.2) is 41.8 Å². The van der Waals surface area contributed by atoms with Crippen molar-refractivity contribution in [2.45, 2.75) is 38.3 Å². The molecule has 1 rings (SSSR count). The summed E-state index contributed by atoms with van der Waals surface area (Å²) in [7, 11) is 0. The average Bonchev–Trinajstić information content (AvgIpc) is 2.35. The summed E-state index contributed by atoms with van der Waals surface area (Å²) < 4.78 is 36.3. The van der Waals surface area contributed by atoms with E-state index in [2.05, 4.69) is 6.58 Å². The number of alkyl halides is 3. The first kappa shape index (κ1) is 16.0. The number of hydrogen-bond acceptors (Lipinski definition) is 2. The van der Waals surface area contributed by atoms with Crippen molar-refractivity contribution in [2.75, 3.05) is 19.7 Å². The van der Waals surface area contributed by atoms with Gasteiger partial charge >= 0.3 is 6.18 Å². The molecule has 0 aromatic heterocycles. The highest BCUT2D eigenvalue weighted by molar-refractivity contribution is 5.76. The van der Waals surface area contributed by atoms with Crippen molar-refractivity contribution in [3.05, 3.63) is 12.7 Å². The van der Waals surface area contributed by atoms with Crippen molar-refractivity contribution in [2.24, 2.45) is 5.41 Å². The highest BCUT2D eigenvalue weighted by atomic mass is 19.4. The Balaban J connectivity index is 2.58. The van der Waals surface area contributed by atoms with E-state index in [1.807, 2.05) is 0 Å². The Morgan fingerprint density at radius 2 is 2.16 bits per heavy atom. The van der Waals surface area contributed by atoms with Gasteiger partial charge in [0.2, 0.25) is 5.91 Å². The fourth-order valence-corrected chi connectivity index (χ4v) is 2.49. The number of nitrogens with zero attached hydrogens (tertiary/aromatic N) is 1. The lowest BCUT2D eigenvalue weighted by Crippen LogP contribution is -2.47. The zero-order chi connectivity index (χ0) is 14.5. The van der Waals surface area contributed by atoms with Gasteiger partial charge in [-0.15, -0.1) is 6.58 Å². The van der Waals surface area contributed by atoms with Gasteiger partial charge in [-0.25, -0.2) is 0 Å². The van der Waals surface area contributed by atoms with Gasteiger partial charge in [0.1, 0.15) is 0 Å². The van der Waals surface area contributed by atoms with Crippen LogP contribution in [0.5, 0.6) is 0 Å². The third-order valence-electron chi connectivity index (χ3n) is 3.55. The fourth-order valence-electron chi connectivity index (χ4n) is 2.49. The molecule has 0 spiro atoms. The van der Waals surface area contributed by atoms with E-state index in [1.54, 1.807) is 6.08 Å². The van der Waals surface area contributed by atoms with Crippen LogP contribution >= 0.6 is 0 Å². The molecule has 1 unspecified atom stereocenters. The van der Waals surface area contributed by atoms with Gasteiger partial charge < -0.3 is 10.0 Å². The van der Waals surface area contributed by atoms with Crippen molar-refractivity contribution in [1.29, 1.82) is 0 Å². The minimum atomic E-state index is -4.30. The maximum Gasteiger partial charge on any atom is 0.389 e. The van der Waals surface area contributed by atoms with E-state index in [0.717, 1.165) is 6.42 Å². The molecule has 0 bridgehead atoms. The van der Waals surface area contributed by atoms with Gasteiger partial charge in [-0.2, -0.15) is 13.2 Å². The molecular weight excluding hydrogens is 259 g/mol. The average molecular weight is 279 g/mol. The SMILES string of the molecule is C=CCC1(CO)CCCN(C(=O)CCC(F)(F)F)C1. The van der Waals surface area contributed by atoms with Crippen molar-refractivity contribution < 1.29 is 23.1 Å². The summed E-state index contributed by atoms with van der Waals surface area (Å²) >= 11 is 0. The number of halogens is 3. The summed E-state index contributed by atoms with van der Waals surface area (Å²) in [5.41, 5.74) is -0.437. The summed E-state index contributed by atoms with van der Waals surface area (Å²) in [5, 5.41) is 9.47. The van der Waals surface area contributed by atoms with Crippen LogP contribution in [0.2, 0.25) is 0 Å². The molecule has 1 atom stereocenters. The van der Waals surface area contributed by atoms with Crippen LogP contribution in [0, 0.1) is 5.41 Å². The first-order valence-corrected chi connectivity index (χ1v) is 6.38. The maximum atomic E-state index is 12.1. The van der Waals surface area contributed by atoms with Gasteiger partial charge in [0.15, 0.2) is 0 Å². The first-order chi connectivity index (χ1) is 8.82. The quantitative estimate of drug-likeness (QED) is 0.786. The second-order valence-electron chi connectivity index (χ2n) is 5.18. The molecule has 0 aromatic rings. The van der Waals surface area contributed by atoms with E-state index in [9.17, 15) is 23.1 Å². The van der Waals surface area contributed by atoms with Crippen molar-refractivity contribution in [3.63, 3.8) is 0 Å². The number of allylic oxidation sites excluding steroid dienone is 1. The Morgan fingerprint density at radius 3 is 2.68 bits per heavy atom. The summed E-state index contributed by atoms with van der Waals surface area (Å²) in [4.78, 5) is 13.2. The number of rotatable bonds is 5. The van der Waals surface area contributed by atoms with Crippen LogP contribution in [0.3, 0.4) is 0 Å². The Morgan fingerprint density at radius 1 is 1.47 bits per heavy atom. The molecule has 3 nitrogen and oxygen atoms in total. The smallest absolute Gasteiger partial charge is 0.389 e. The lowest BCUT2D eigenvalue weighted by molar-refractivity contribution is -0.151. The standard InChI is InChI=1S/C13H20F3NO2/c1-2-5-12(10-18)6-3-8-17(9-12)11(19)4-7-13(14,15)16/h2,18H,1,3-10H2. The molecule has 19 heavy (non-hydrogen) atoms. The van der Waals surface area contributed by atoms with Crippen LogP contribution in [0.1, 0.15) is 32.1 Å². The van der Waals surface area contributed by atoms with Crippen LogP contribution in [0.4, 0.5) is 13.2 Å². The van der Waals surface area contributed by atoms with E-state index in [1.165, 1.54) is 4.90 Å². The van der Waals surface area contributed by atoms with E-state index in [0.29, 0.717) is 25.9 Å². The molecule has 1 aliphatic rings. The van der Waals surface area contributed by atoms with Crippen molar-refractivity contribution in [1.82, 2.24) is 4.90 Å². The van der Waals surface area contributed by atoms with Gasteiger partial charge in [0, 0.05) is 24.9 Å². The molecule has 0 saturated carbocycles. The number of likely N-dealkylation sites (tertiary alicyclic amines) is 1. The Kier molecular flexibility index (Phi) is 5.40. The molecule has 1 aliphatic heterocycles. The highest BCUT2D eigenvalue weighted by Crippen LogP contribution is 2.34. The van der Waals surface area contributed by atoms with E-state index in [-0.39, 0.29) is 6.61 Å².